The molecule has 2 aromatic rings. The third-order valence-electron chi connectivity index (χ3n) is 1.76. The summed E-state index contributed by atoms with van der Waals surface area (Å²) in [5.74, 6) is 0. The topological polar surface area (TPSA) is 54.3 Å². The molecule has 0 spiro atoms. The first-order chi connectivity index (χ1) is 6.20. The van der Waals surface area contributed by atoms with Crippen LogP contribution in [0.3, 0.4) is 0 Å². The number of pyridine rings is 1. The number of nitrogens with zero attached hydrogens (tertiary/aromatic N) is 1. The highest BCUT2D eigenvalue weighted by molar-refractivity contribution is 6.68. The van der Waals surface area contributed by atoms with Gasteiger partial charge in [-0.15, -0.1) is 0 Å². The van der Waals surface area contributed by atoms with Gasteiger partial charge < -0.3 is 4.98 Å². The van der Waals surface area contributed by atoms with E-state index in [1.54, 1.807) is 24.4 Å². The largest absolute Gasteiger partial charge is 0.330 e. The molecule has 2 heterocycles. The molecule has 66 valence electrons. The summed E-state index contributed by atoms with van der Waals surface area (Å²) in [6, 6.07) is 5.07. The lowest BCUT2D eigenvalue weighted by molar-refractivity contribution is 0.107. The average molecular weight is 197 g/mol. The van der Waals surface area contributed by atoms with E-state index < -0.39 is 5.24 Å². The second kappa shape index (κ2) is 2.74. The number of fused-ring (bicyclic) bond motifs is 1. The second-order valence-corrected chi connectivity index (χ2v) is 2.88. The Labute approximate surface area is 77.8 Å². The first-order valence-corrected chi connectivity index (χ1v) is 3.97. The zero-order chi connectivity index (χ0) is 9.42. The van der Waals surface area contributed by atoms with Gasteiger partial charge in [0.15, 0.2) is 0 Å². The molecule has 0 aliphatic rings. The molecule has 13 heavy (non-hydrogen) atoms. The Kier molecular flexibility index (Phi) is 1.70. The van der Waals surface area contributed by atoms with Crippen LogP contribution < -0.4 is 5.69 Å². The molecule has 1 N–H and O–H groups in total. The number of rotatable bonds is 1. The molecular formula is C8H5ClN2O2. The first-order valence-electron chi connectivity index (χ1n) is 3.59. The lowest BCUT2D eigenvalue weighted by Crippen LogP contribution is -2.08. The molecule has 0 bridgehead atoms. The molecule has 0 atom stereocenters. The molecule has 2 aromatic heterocycles. The number of nitrogens with one attached hydrogen (secondary N) is 1. The van der Waals surface area contributed by atoms with Crippen LogP contribution in [-0.4, -0.2) is 14.6 Å². The SMILES string of the molecule is O=C(Cl)c1[nH]c(=O)n2ccccc12. The van der Waals surface area contributed by atoms with Crippen LogP contribution in [0.4, 0.5) is 0 Å². The highest BCUT2D eigenvalue weighted by atomic mass is 35.5. The summed E-state index contributed by atoms with van der Waals surface area (Å²) in [4.78, 5) is 24.4. The number of aromatic amines is 1. The minimum absolute atomic E-state index is 0.132. The zero-order valence-corrected chi connectivity index (χ0v) is 7.21. The lowest BCUT2D eigenvalue weighted by atomic mass is 10.3. The van der Waals surface area contributed by atoms with Crippen molar-refractivity contribution in [3.63, 3.8) is 0 Å². The average Bonchev–Trinajstić information content (AvgIpc) is 2.45. The van der Waals surface area contributed by atoms with Crippen LogP contribution in [0, 0.1) is 0 Å². The molecule has 5 heteroatoms. The van der Waals surface area contributed by atoms with E-state index in [0.29, 0.717) is 5.52 Å². The fraction of sp³-hybridized carbons (Fsp3) is 0. The molecule has 0 aromatic carbocycles. The van der Waals surface area contributed by atoms with Crippen LogP contribution >= 0.6 is 11.6 Å². The van der Waals surface area contributed by atoms with Crippen LogP contribution in [0.15, 0.2) is 29.2 Å². The van der Waals surface area contributed by atoms with E-state index >= 15 is 0 Å². The smallest absolute Gasteiger partial charge is 0.301 e. The van der Waals surface area contributed by atoms with E-state index in [2.05, 4.69) is 4.98 Å². The summed E-state index contributed by atoms with van der Waals surface area (Å²) in [7, 11) is 0. The highest BCUT2D eigenvalue weighted by Gasteiger charge is 2.10. The number of halogens is 1. The Hall–Kier alpha value is -1.55. The lowest BCUT2D eigenvalue weighted by Gasteiger charge is -1.90. The van der Waals surface area contributed by atoms with Crippen molar-refractivity contribution in [2.24, 2.45) is 0 Å². The van der Waals surface area contributed by atoms with E-state index in [9.17, 15) is 9.59 Å². The number of H-pyrrole nitrogens is 1. The maximum Gasteiger partial charge on any atom is 0.330 e. The van der Waals surface area contributed by atoms with Crippen LogP contribution in [0.25, 0.3) is 5.52 Å². The number of carbonyl (C=O) groups excluding carboxylic acids is 1. The molecule has 0 saturated carbocycles. The molecule has 0 aliphatic carbocycles. The summed E-state index contributed by atoms with van der Waals surface area (Å²) in [6.45, 7) is 0. The Morgan fingerprint density at radius 3 is 2.92 bits per heavy atom. The maximum atomic E-state index is 11.2. The van der Waals surface area contributed by atoms with Gasteiger partial charge in [-0.3, -0.25) is 9.20 Å². The summed E-state index contributed by atoms with van der Waals surface area (Å²) in [5.41, 5.74) is 0.263. The van der Waals surface area contributed by atoms with E-state index in [1.807, 2.05) is 0 Å². The van der Waals surface area contributed by atoms with Crippen molar-refractivity contribution in [2.75, 3.05) is 0 Å². The van der Waals surface area contributed by atoms with Gasteiger partial charge in [-0.2, -0.15) is 0 Å². The maximum absolute atomic E-state index is 11.2. The predicted octanol–water partition coefficient (Wildman–Crippen LogP) is 1.01. The van der Waals surface area contributed by atoms with Crippen molar-refractivity contribution in [1.29, 1.82) is 0 Å². The van der Waals surface area contributed by atoms with E-state index in [4.69, 9.17) is 11.6 Å². The summed E-state index contributed by atoms with van der Waals surface area (Å²) in [5, 5.41) is -0.661. The fourth-order valence-corrected chi connectivity index (χ4v) is 1.35. The van der Waals surface area contributed by atoms with Gasteiger partial charge in [0.1, 0.15) is 5.69 Å². The monoisotopic (exact) mass is 196 g/mol. The van der Waals surface area contributed by atoms with Gasteiger partial charge in [-0.05, 0) is 23.7 Å². The number of imidazole rings is 1. The third kappa shape index (κ3) is 1.15. The van der Waals surface area contributed by atoms with E-state index in [0.717, 1.165) is 0 Å². The van der Waals surface area contributed by atoms with Crippen molar-refractivity contribution in [1.82, 2.24) is 9.38 Å². The van der Waals surface area contributed by atoms with E-state index in [-0.39, 0.29) is 11.4 Å². The molecule has 0 amide bonds. The molecule has 4 nitrogen and oxygen atoms in total. The Balaban J connectivity index is 2.94. The minimum Gasteiger partial charge on any atom is -0.301 e. The molecule has 0 fully saturated rings. The Morgan fingerprint density at radius 1 is 1.46 bits per heavy atom. The zero-order valence-electron chi connectivity index (χ0n) is 6.45. The number of hydrogen-bond acceptors (Lipinski definition) is 2. The molecular weight excluding hydrogens is 192 g/mol. The molecule has 2 rings (SSSR count). The predicted molar refractivity (Wildman–Crippen MR) is 48.2 cm³/mol. The molecule has 0 radical (unpaired) electrons. The van der Waals surface area contributed by atoms with Crippen molar-refractivity contribution in [3.8, 4) is 0 Å². The third-order valence-corrected chi connectivity index (χ3v) is 1.95. The van der Waals surface area contributed by atoms with Gasteiger partial charge in [-0.1, -0.05) is 6.07 Å². The molecule has 0 unspecified atom stereocenters. The highest BCUT2D eigenvalue weighted by Crippen LogP contribution is 2.08. The summed E-state index contributed by atoms with van der Waals surface area (Å²) < 4.78 is 1.33. The normalized spacial score (nSPS) is 10.5. The van der Waals surface area contributed by atoms with Gasteiger partial charge in [-0.25, -0.2) is 4.79 Å². The fourth-order valence-electron chi connectivity index (χ4n) is 1.20. The second-order valence-electron chi connectivity index (χ2n) is 2.53. The van der Waals surface area contributed by atoms with Gasteiger partial charge in [0.25, 0.3) is 5.24 Å². The van der Waals surface area contributed by atoms with Gasteiger partial charge in [0.2, 0.25) is 0 Å². The minimum atomic E-state index is -0.661. The van der Waals surface area contributed by atoms with Crippen LogP contribution in [0.1, 0.15) is 10.5 Å². The Morgan fingerprint density at radius 2 is 2.23 bits per heavy atom. The number of carbonyl (C=O) groups is 1. The molecule has 0 aliphatic heterocycles. The summed E-state index contributed by atoms with van der Waals surface area (Å²) >= 11 is 5.27. The van der Waals surface area contributed by atoms with Crippen LogP contribution in [0.5, 0.6) is 0 Å². The Bertz CT molecular complexity index is 526. The van der Waals surface area contributed by atoms with Crippen molar-refractivity contribution in [3.05, 3.63) is 40.6 Å². The standard InChI is InChI=1S/C8H5ClN2O2/c9-7(12)6-5-3-1-2-4-11(5)8(13)10-6/h1-4H,(H,10,13). The van der Waals surface area contributed by atoms with Gasteiger partial charge in [0.05, 0.1) is 5.52 Å². The van der Waals surface area contributed by atoms with Gasteiger partial charge in [0, 0.05) is 6.20 Å². The van der Waals surface area contributed by atoms with Crippen molar-refractivity contribution in [2.45, 2.75) is 0 Å². The first kappa shape index (κ1) is 8.07. The van der Waals surface area contributed by atoms with Crippen LogP contribution in [0.2, 0.25) is 0 Å². The van der Waals surface area contributed by atoms with Crippen LogP contribution in [-0.2, 0) is 0 Å². The van der Waals surface area contributed by atoms with Gasteiger partial charge >= 0.3 is 5.69 Å². The number of aromatic nitrogens is 2. The quantitative estimate of drug-likeness (QED) is 0.692. The van der Waals surface area contributed by atoms with Crippen molar-refractivity contribution < 1.29 is 4.79 Å². The van der Waals surface area contributed by atoms with Crippen molar-refractivity contribution >= 4 is 22.4 Å². The van der Waals surface area contributed by atoms with E-state index in [1.165, 1.54) is 4.40 Å². The number of hydrogen-bond donors (Lipinski definition) is 1. The molecule has 0 saturated heterocycles. The summed E-state index contributed by atoms with van der Waals surface area (Å²) in [6.07, 6.45) is 1.57.